The largest absolute Gasteiger partial charge is 0.493 e. The molecule has 0 amide bonds. The van der Waals surface area contributed by atoms with Gasteiger partial charge in [0.2, 0.25) is 0 Å². The molecule has 0 N–H and O–H groups in total. The number of benzene rings is 1. The van der Waals surface area contributed by atoms with Gasteiger partial charge in [-0.1, -0.05) is 16.8 Å². The highest BCUT2D eigenvalue weighted by Gasteiger charge is 2.14. The van der Waals surface area contributed by atoms with Crippen molar-refractivity contribution in [1.29, 1.82) is 0 Å². The van der Waals surface area contributed by atoms with Crippen molar-refractivity contribution in [2.24, 2.45) is 0 Å². The molecule has 6 nitrogen and oxygen atoms in total. The maximum atomic E-state index is 6.14. The molecule has 1 aromatic carbocycles. The minimum atomic E-state index is 0.495. The Kier molecular flexibility index (Phi) is 3.15. The molecule has 7 heteroatoms. The molecule has 2 heterocycles. The lowest BCUT2D eigenvalue weighted by Gasteiger charge is -2.08. The van der Waals surface area contributed by atoms with Crippen LogP contribution in [0.1, 0.15) is 0 Å². The maximum absolute atomic E-state index is 6.14. The summed E-state index contributed by atoms with van der Waals surface area (Å²) in [7, 11) is 3.16. The smallest absolute Gasteiger partial charge is 0.163 e. The van der Waals surface area contributed by atoms with E-state index in [-0.39, 0.29) is 0 Å². The van der Waals surface area contributed by atoms with E-state index in [4.69, 9.17) is 21.1 Å². The second-order valence-electron chi connectivity index (χ2n) is 4.02. The van der Waals surface area contributed by atoms with E-state index in [0.717, 1.165) is 5.52 Å². The van der Waals surface area contributed by atoms with Gasteiger partial charge in [0.25, 0.3) is 0 Å². The topological polar surface area (TPSA) is 62.1 Å². The fourth-order valence-electron chi connectivity index (χ4n) is 1.97. The molecule has 0 aliphatic rings. The zero-order chi connectivity index (χ0) is 14.1. The van der Waals surface area contributed by atoms with Gasteiger partial charge in [-0.15, -0.1) is 5.10 Å². The van der Waals surface area contributed by atoms with Gasteiger partial charge in [-0.3, -0.25) is 4.98 Å². The molecule has 0 saturated carbocycles. The number of hydrogen-bond donors (Lipinski definition) is 0. The second kappa shape index (κ2) is 4.97. The number of methoxy groups -OCH3 is 2. The number of ether oxygens (including phenoxy) is 2. The molecule has 3 rings (SSSR count). The molecule has 3 aromatic rings. The Morgan fingerprint density at radius 3 is 2.60 bits per heavy atom. The summed E-state index contributed by atoms with van der Waals surface area (Å²) in [5.74, 6) is 1.21. The highest BCUT2D eigenvalue weighted by molar-refractivity contribution is 6.32. The monoisotopic (exact) mass is 290 g/mol. The van der Waals surface area contributed by atoms with Crippen molar-refractivity contribution in [2.45, 2.75) is 0 Å². The van der Waals surface area contributed by atoms with Gasteiger partial charge in [-0.2, -0.15) is 0 Å². The highest BCUT2D eigenvalue weighted by atomic mass is 35.5. The molecule has 0 aliphatic heterocycles. The normalized spacial score (nSPS) is 10.8. The van der Waals surface area contributed by atoms with Crippen LogP contribution in [0.2, 0.25) is 5.02 Å². The third kappa shape index (κ3) is 1.94. The number of aromatic nitrogens is 4. The van der Waals surface area contributed by atoms with Gasteiger partial charge in [-0.25, -0.2) is 4.68 Å². The number of nitrogens with zero attached hydrogens (tertiary/aromatic N) is 4. The number of halogens is 1. The summed E-state index contributed by atoms with van der Waals surface area (Å²) in [6, 6.07) is 5.35. The third-order valence-electron chi connectivity index (χ3n) is 2.93. The van der Waals surface area contributed by atoms with Crippen LogP contribution in [-0.2, 0) is 0 Å². The third-order valence-corrected chi connectivity index (χ3v) is 3.22. The second-order valence-corrected chi connectivity index (χ2v) is 4.43. The molecule has 2 aromatic heterocycles. The van der Waals surface area contributed by atoms with Gasteiger partial charge >= 0.3 is 0 Å². The predicted octanol–water partition coefficient (Wildman–Crippen LogP) is 2.49. The minimum absolute atomic E-state index is 0.495. The van der Waals surface area contributed by atoms with Crippen LogP contribution in [0.15, 0.2) is 30.6 Å². The van der Waals surface area contributed by atoms with Gasteiger partial charge in [0.05, 0.1) is 30.4 Å². The number of hydrogen-bond acceptors (Lipinski definition) is 5. The number of fused-ring (bicyclic) bond motifs is 1. The first kappa shape index (κ1) is 12.7. The standard InChI is InChI=1S/C13H11ClN4O2/c1-19-12-5-9-11(6-13(12)20-2)18(17-16-9)10-3-4-15-7-8(10)14/h3-7H,1-2H3. The van der Waals surface area contributed by atoms with Crippen molar-refractivity contribution < 1.29 is 9.47 Å². The van der Waals surface area contributed by atoms with Crippen molar-refractivity contribution in [3.63, 3.8) is 0 Å². The average molecular weight is 291 g/mol. The van der Waals surface area contributed by atoms with Gasteiger partial charge in [0.1, 0.15) is 5.52 Å². The minimum Gasteiger partial charge on any atom is -0.493 e. The molecule has 102 valence electrons. The van der Waals surface area contributed by atoms with Crippen LogP contribution < -0.4 is 9.47 Å². The van der Waals surface area contributed by atoms with Crippen LogP contribution in [0, 0.1) is 0 Å². The van der Waals surface area contributed by atoms with E-state index in [1.807, 2.05) is 6.07 Å². The summed E-state index contributed by atoms with van der Waals surface area (Å²) in [4.78, 5) is 3.96. The first-order valence-corrected chi connectivity index (χ1v) is 6.19. The molecule has 0 radical (unpaired) electrons. The lowest BCUT2D eigenvalue weighted by molar-refractivity contribution is 0.355. The molecule has 0 saturated heterocycles. The highest BCUT2D eigenvalue weighted by Crippen LogP contribution is 2.32. The van der Waals surface area contributed by atoms with Gasteiger partial charge in [0, 0.05) is 24.5 Å². The molecule has 0 bridgehead atoms. The summed E-state index contributed by atoms with van der Waals surface area (Å²) < 4.78 is 12.2. The van der Waals surface area contributed by atoms with Gasteiger partial charge in [0.15, 0.2) is 11.5 Å². The summed E-state index contributed by atoms with van der Waals surface area (Å²) in [5.41, 5.74) is 2.17. The van der Waals surface area contributed by atoms with E-state index < -0.39 is 0 Å². The Hall–Kier alpha value is -2.34. The molecule has 0 atom stereocenters. The Bertz CT molecular complexity index is 772. The predicted molar refractivity (Wildman–Crippen MR) is 74.8 cm³/mol. The summed E-state index contributed by atoms with van der Waals surface area (Å²) in [6.45, 7) is 0. The summed E-state index contributed by atoms with van der Waals surface area (Å²) >= 11 is 6.14. The van der Waals surface area contributed by atoms with E-state index in [2.05, 4.69) is 15.3 Å². The first-order chi connectivity index (χ1) is 9.74. The van der Waals surface area contributed by atoms with Crippen LogP contribution >= 0.6 is 11.6 Å². The fourth-order valence-corrected chi connectivity index (χ4v) is 2.17. The molecule has 0 aliphatic carbocycles. The Morgan fingerprint density at radius 2 is 1.90 bits per heavy atom. The number of pyridine rings is 1. The van der Waals surface area contributed by atoms with Crippen LogP contribution in [0.25, 0.3) is 16.7 Å². The van der Waals surface area contributed by atoms with Crippen molar-refractivity contribution in [2.75, 3.05) is 14.2 Å². The van der Waals surface area contributed by atoms with Crippen LogP contribution in [0.3, 0.4) is 0 Å². The zero-order valence-electron chi connectivity index (χ0n) is 10.9. The van der Waals surface area contributed by atoms with Crippen molar-refractivity contribution in [3.05, 3.63) is 35.6 Å². The molecular formula is C13H11ClN4O2. The lowest BCUT2D eigenvalue weighted by atomic mass is 10.2. The lowest BCUT2D eigenvalue weighted by Crippen LogP contribution is -1.98. The molecule has 0 unspecified atom stereocenters. The Morgan fingerprint density at radius 1 is 1.15 bits per heavy atom. The molecular weight excluding hydrogens is 280 g/mol. The van der Waals surface area contributed by atoms with E-state index in [9.17, 15) is 0 Å². The first-order valence-electron chi connectivity index (χ1n) is 5.82. The fraction of sp³-hybridized carbons (Fsp3) is 0.154. The van der Waals surface area contributed by atoms with Crippen LogP contribution in [0.5, 0.6) is 11.5 Å². The van der Waals surface area contributed by atoms with Crippen molar-refractivity contribution in [1.82, 2.24) is 20.0 Å². The van der Waals surface area contributed by atoms with Crippen LogP contribution in [-0.4, -0.2) is 34.2 Å². The number of rotatable bonds is 3. The average Bonchev–Trinajstić information content (AvgIpc) is 2.89. The summed E-state index contributed by atoms with van der Waals surface area (Å²) in [6.07, 6.45) is 3.21. The Balaban J connectivity index is 2.26. The molecule has 20 heavy (non-hydrogen) atoms. The Labute approximate surface area is 119 Å². The van der Waals surface area contributed by atoms with E-state index in [1.54, 1.807) is 43.4 Å². The quantitative estimate of drug-likeness (QED) is 0.741. The molecule has 0 spiro atoms. The van der Waals surface area contributed by atoms with E-state index in [1.165, 1.54) is 0 Å². The molecule has 0 fully saturated rings. The van der Waals surface area contributed by atoms with Crippen LogP contribution in [0.4, 0.5) is 0 Å². The maximum Gasteiger partial charge on any atom is 0.163 e. The van der Waals surface area contributed by atoms with E-state index in [0.29, 0.717) is 27.7 Å². The van der Waals surface area contributed by atoms with Gasteiger partial charge < -0.3 is 9.47 Å². The van der Waals surface area contributed by atoms with Gasteiger partial charge in [-0.05, 0) is 6.07 Å². The SMILES string of the molecule is COc1cc2nnn(-c3ccncc3Cl)c2cc1OC. The zero-order valence-corrected chi connectivity index (χ0v) is 11.6. The van der Waals surface area contributed by atoms with E-state index >= 15 is 0 Å². The van der Waals surface area contributed by atoms with Crippen molar-refractivity contribution >= 4 is 22.6 Å². The summed E-state index contributed by atoms with van der Waals surface area (Å²) in [5, 5.41) is 8.73. The van der Waals surface area contributed by atoms with Crippen molar-refractivity contribution in [3.8, 4) is 17.2 Å².